The Morgan fingerprint density at radius 1 is 0.489 bits per heavy atom. The van der Waals surface area contributed by atoms with Gasteiger partial charge in [0.1, 0.15) is 38.1 Å². The number of alkyl carbamates (subject to hydrolysis) is 1. The number of alkyl halides is 17. The van der Waals surface area contributed by atoms with Gasteiger partial charge in [0.15, 0.2) is 36.8 Å². The highest BCUT2D eigenvalue weighted by atomic mass is 19.4. The van der Waals surface area contributed by atoms with E-state index in [-0.39, 0.29) is 13.0 Å². The third-order valence-corrected chi connectivity index (χ3v) is 12.4. The van der Waals surface area contributed by atoms with Crippen molar-refractivity contribution in [2.75, 3.05) is 26.3 Å². The van der Waals surface area contributed by atoms with Crippen molar-refractivity contribution in [3.63, 3.8) is 0 Å². The molecule has 1 fully saturated rings. The molecule has 1 saturated heterocycles. The van der Waals surface area contributed by atoms with E-state index in [2.05, 4.69) is 5.32 Å². The number of nitrogens with one attached hydrogen (secondary N) is 3. The van der Waals surface area contributed by atoms with Crippen LogP contribution in [0, 0.1) is 0 Å². The van der Waals surface area contributed by atoms with Gasteiger partial charge in [-0.25, -0.2) is 4.79 Å². The summed E-state index contributed by atoms with van der Waals surface area (Å²) in [6.45, 7) is 0.325. The lowest BCUT2D eigenvalue weighted by Crippen LogP contribution is -2.74. The van der Waals surface area contributed by atoms with Crippen LogP contribution in [-0.4, -0.2) is 201 Å². The van der Waals surface area contributed by atoms with Crippen molar-refractivity contribution in [3.05, 3.63) is 35.9 Å². The molecule has 10 atom stereocenters. The largest absolute Gasteiger partial charge is 0.463 e. The smallest absolute Gasteiger partial charge is 0.460 e. The Morgan fingerprint density at radius 2 is 0.979 bits per heavy atom. The van der Waals surface area contributed by atoms with E-state index in [9.17, 15) is 119 Å². The normalized spacial score (nSPS) is 19.0. The summed E-state index contributed by atoms with van der Waals surface area (Å²) in [5.74, 6) is -73.6. The molecule has 94 heavy (non-hydrogen) atoms. The molecule has 0 spiro atoms. The topological polar surface area (TPSA) is 325 Å². The molecule has 0 bridgehead atoms. The van der Waals surface area contributed by atoms with Crippen molar-refractivity contribution in [1.29, 1.82) is 0 Å². The fourth-order valence-electron chi connectivity index (χ4n) is 8.16. The Kier molecular flexibility index (Phi) is 29.1. The molecule has 5 unspecified atom stereocenters. The summed E-state index contributed by atoms with van der Waals surface area (Å²) in [6.07, 6.45) is -35.8. The zero-order valence-electron chi connectivity index (χ0n) is 49.9. The SMILES string of the molecule is CC(=O)OCC(OC(C)=O)[C@@H](O[C@@H]1OC(COC(C)=O)[C@H](OC(C)=O)[C@H](OC(C)=O)C1OC(C)=O)[C@H](OC(C)=O)C(OC(C)=O)C(=O)NC(CCCCNC(=O)OCc1ccccc1)C(=O)NCCC(F)(F)C(F)(F)C(F)(F)C(F)(F)C(F)(F)C(F)(F)C(F)(F)C(F)(F)F. The van der Waals surface area contributed by atoms with Crippen molar-refractivity contribution >= 4 is 65.7 Å². The molecule has 3 N–H and O–H groups in total. The molecule has 0 aromatic heterocycles. The molecule has 3 amide bonds. The molecule has 1 aliphatic heterocycles. The van der Waals surface area contributed by atoms with Crippen molar-refractivity contribution in [2.45, 2.75) is 196 Å². The van der Waals surface area contributed by atoms with Gasteiger partial charge in [-0.05, 0) is 24.8 Å². The molecule has 0 radical (unpaired) electrons. The van der Waals surface area contributed by atoms with Crippen LogP contribution >= 0.6 is 0 Å². The van der Waals surface area contributed by atoms with Gasteiger partial charge in [0.25, 0.3) is 5.91 Å². The average Bonchev–Trinajstić information content (AvgIpc) is 0.697. The molecule has 534 valence electrons. The van der Waals surface area contributed by atoms with Gasteiger partial charge in [-0.15, -0.1) is 0 Å². The number of hydrogen-bond donors (Lipinski definition) is 3. The first-order valence-electron chi connectivity index (χ1n) is 26.8. The van der Waals surface area contributed by atoms with Crippen molar-refractivity contribution in [2.24, 2.45) is 0 Å². The Labute approximate surface area is 519 Å². The third-order valence-electron chi connectivity index (χ3n) is 12.4. The second-order valence-corrected chi connectivity index (χ2v) is 20.0. The first-order valence-corrected chi connectivity index (χ1v) is 26.8. The number of unbranched alkanes of at least 4 members (excludes halogenated alkanes) is 1. The number of esters is 8. The molecule has 1 heterocycles. The summed E-state index contributed by atoms with van der Waals surface area (Å²) >= 11 is 0. The van der Waals surface area contributed by atoms with E-state index in [1.807, 2.05) is 5.32 Å². The summed E-state index contributed by atoms with van der Waals surface area (Å²) in [5.41, 5.74) is 0.488. The first-order chi connectivity index (χ1) is 42.9. The van der Waals surface area contributed by atoms with Gasteiger partial charge < -0.3 is 68.1 Å². The van der Waals surface area contributed by atoms with Crippen LogP contribution in [0.2, 0.25) is 0 Å². The molecule has 0 saturated carbocycles. The fraction of sp³-hybridized carbons (Fsp3) is 0.673. The van der Waals surface area contributed by atoms with E-state index in [1.54, 1.807) is 30.3 Å². The zero-order chi connectivity index (χ0) is 72.5. The first kappa shape index (κ1) is 82.0. The summed E-state index contributed by atoms with van der Waals surface area (Å²) < 4.78 is 298. The zero-order valence-corrected chi connectivity index (χ0v) is 49.9. The Bertz CT molecular complexity index is 2840. The summed E-state index contributed by atoms with van der Waals surface area (Å²) in [7, 11) is 0. The monoisotopic (exact) mass is 1400 g/mol. The number of carbonyl (C=O) groups excluding carboxylic acids is 11. The van der Waals surface area contributed by atoms with Gasteiger partial charge in [0, 0.05) is 74.9 Å². The van der Waals surface area contributed by atoms with Crippen LogP contribution in [0.25, 0.3) is 0 Å². The van der Waals surface area contributed by atoms with E-state index >= 15 is 8.78 Å². The van der Waals surface area contributed by atoms with Crippen LogP contribution in [0.4, 0.5) is 79.4 Å². The summed E-state index contributed by atoms with van der Waals surface area (Å²) in [5, 5.41) is 5.34. The predicted octanol–water partition coefficient (Wildman–Crippen LogP) is 5.91. The van der Waals surface area contributed by atoms with Crippen molar-refractivity contribution < 1.29 is 179 Å². The van der Waals surface area contributed by atoms with Gasteiger partial charge in [-0.3, -0.25) is 47.9 Å². The lowest BCUT2D eigenvalue weighted by atomic mass is 9.88. The van der Waals surface area contributed by atoms with Gasteiger partial charge >= 0.3 is 101 Å². The van der Waals surface area contributed by atoms with E-state index in [4.69, 9.17) is 52.1 Å². The molecule has 0 aliphatic carbocycles. The highest BCUT2D eigenvalue weighted by molar-refractivity contribution is 5.91. The van der Waals surface area contributed by atoms with Crippen molar-refractivity contribution in [1.82, 2.24) is 16.0 Å². The fourth-order valence-corrected chi connectivity index (χ4v) is 8.16. The van der Waals surface area contributed by atoms with Crippen LogP contribution in [0.5, 0.6) is 0 Å². The molecule has 2 rings (SSSR count). The number of amides is 3. The minimum atomic E-state index is -8.95. The third kappa shape index (κ3) is 21.2. The maximum absolute atomic E-state index is 15.1. The Hall–Kier alpha value is -8.08. The van der Waals surface area contributed by atoms with E-state index < -0.39 is 220 Å². The number of rotatable bonds is 34. The Morgan fingerprint density at radius 3 is 1.47 bits per heavy atom. The second kappa shape index (κ2) is 33.3. The lowest BCUT2D eigenvalue weighted by Gasteiger charge is -2.46. The molecule has 1 aliphatic rings. The molecular weight excluding hydrogens is 1340 g/mol. The Balaban J connectivity index is 2.91. The summed E-state index contributed by atoms with van der Waals surface area (Å²) in [4.78, 5) is 142. The minimum Gasteiger partial charge on any atom is -0.463 e. The molecule has 1 aromatic carbocycles. The van der Waals surface area contributed by atoms with E-state index in [0.717, 1.165) is 34.6 Å². The van der Waals surface area contributed by atoms with Crippen molar-refractivity contribution in [3.8, 4) is 0 Å². The minimum absolute atomic E-state index is 0.299. The molecule has 42 heteroatoms. The van der Waals surface area contributed by atoms with Crippen LogP contribution in [0.15, 0.2) is 30.3 Å². The predicted molar refractivity (Wildman–Crippen MR) is 269 cm³/mol. The average molecular weight is 1400 g/mol. The number of hydrogen-bond acceptors (Lipinski definition) is 22. The number of halogens is 17. The van der Waals surface area contributed by atoms with Crippen LogP contribution in [0.3, 0.4) is 0 Å². The number of ether oxygens (including phenoxy) is 11. The highest BCUT2D eigenvalue weighted by Gasteiger charge is 2.95. The quantitative estimate of drug-likeness (QED) is 0.0312. The van der Waals surface area contributed by atoms with Crippen LogP contribution in [-0.2, 0) is 107 Å². The molecule has 1 aromatic rings. The van der Waals surface area contributed by atoms with Crippen LogP contribution < -0.4 is 16.0 Å². The number of carbonyl (C=O) groups is 11. The highest BCUT2D eigenvalue weighted by Crippen LogP contribution is 2.64. The van der Waals surface area contributed by atoms with E-state index in [1.165, 1.54) is 5.32 Å². The lowest BCUT2D eigenvalue weighted by molar-refractivity contribution is -0.461. The number of benzene rings is 1. The second-order valence-electron chi connectivity index (χ2n) is 20.0. The maximum Gasteiger partial charge on any atom is 0.460 e. The molecule has 25 nitrogen and oxygen atoms in total. The van der Waals surface area contributed by atoms with Gasteiger partial charge in [-0.1, -0.05) is 30.3 Å². The molecular formula is C52H60F17N3O22. The van der Waals surface area contributed by atoms with Gasteiger partial charge in [0.05, 0.1) is 0 Å². The summed E-state index contributed by atoms with van der Waals surface area (Å²) in [6, 6.07) is 5.37. The van der Waals surface area contributed by atoms with Gasteiger partial charge in [0.2, 0.25) is 12.0 Å². The van der Waals surface area contributed by atoms with Crippen LogP contribution in [0.1, 0.15) is 86.6 Å². The van der Waals surface area contributed by atoms with E-state index in [0.29, 0.717) is 26.3 Å². The maximum atomic E-state index is 15.1. The standard InChI is InChI=1S/C52H60F17N3O22/c1-23(73)84-21-33(87-25(3)75)36(94-43-40(92-30(8)80)38(90-28(6)78)35(88-26(4)76)34(93-43)22-85-24(2)74)37(89-27(5)77)39(91-29(7)79)42(82)72-32(16-12-13-18-71-44(83)86-20-31-14-10-9-11-15-31)41(81)70-19-17-45(53,54)46(55,56)47(57,58)48(59,60)49(61,62)50(63,64)51(65,66)52(67,68)69/h9-11,14-15,32-40,43H,12-13,16-22H2,1-8H3,(H,70,81)(H,71,83)(H,72,82)/t32?,33?,34?,35-,36+,37-,38-,39?,40?,43-/m0/s1. The van der Waals surface area contributed by atoms with Gasteiger partial charge in [-0.2, -0.15) is 74.6 Å².